The van der Waals surface area contributed by atoms with E-state index in [2.05, 4.69) is 60.8 Å². The lowest BCUT2D eigenvalue weighted by molar-refractivity contribution is 0.779. The van der Waals surface area contributed by atoms with Crippen LogP contribution in [0.3, 0.4) is 0 Å². The Hall–Kier alpha value is -1.15. The first-order chi connectivity index (χ1) is 10.8. The van der Waals surface area contributed by atoms with Crippen LogP contribution in [-0.2, 0) is 6.54 Å². The smallest absolute Gasteiger partial charge is 0.191 e. The molecule has 0 aliphatic heterocycles. The van der Waals surface area contributed by atoms with Crippen LogP contribution in [0.2, 0.25) is 0 Å². The molecule has 122 valence electrons. The molecule has 0 bridgehead atoms. The summed E-state index contributed by atoms with van der Waals surface area (Å²) in [5.41, 5.74) is 2.38. The Morgan fingerprint density at radius 3 is 2.70 bits per heavy atom. The Bertz CT molecular complexity index is 645. The van der Waals surface area contributed by atoms with E-state index in [0.717, 1.165) is 22.5 Å². The quantitative estimate of drug-likeness (QED) is 0.393. The fraction of sp³-hybridized carbons (Fsp3) is 0.294. The van der Waals surface area contributed by atoms with Gasteiger partial charge in [-0.25, -0.2) is 0 Å². The third-order valence-corrected chi connectivity index (χ3v) is 4.33. The van der Waals surface area contributed by atoms with Crippen molar-refractivity contribution in [1.29, 1.82) is 0 Å². The van der Waals surface area contributed by atoms with E-state index in [0.29, 0.717) is 18.5 Å². The largest absolute Gasteiger partial charge is 0.353 e. The van der Waals surface area contributed by atoms with Gasteiger partial charge >= 0.3 is 0 Å². The highest BCUT2D eigenvalue weighted by Gasteiger charge is 2.38. The predicted octanol–water partition coefficient (Wildman–Crippen LogP) is 3.68. The Morgan fingerprint density at radius 1 is 1.26 bits per heavy atom. The third kappa shape index (κ3) is 5.17. The van der Waals surface area contributed by atoms with Gasteiger partial charge in [0, 0.05) is 29.7 Å². The summed E-state index contributed by atoms with van der Waals surface area (Å²) in [6.07, 6.45) is 2.95. The second kappa shape index (κ2) is 8.63. The average Bonchev–Trinajstić information content (AvgIpc) is 3.32. The summed E-state index contributed by atoms with van der Waals surface area (Å²) in [6, 6.07) is 14.9. The summed E-state index contributed by atoms with van der Waals surface area (Å²) in [5.74, 6) is 1.40. The molecule has 1 saturated carbocycles. The summed E-state index contributed by atoms with van der Waals surface area (Å²) in [4.78, 5) is 8.59. The molecule has 6 heteroatoms. The van der Waals surface area contributed by atoms with Crippen molar-refractivity contribution in [2.45, 2.75) is 24.9 Å². The number of guanidine groups is 1. The number of aromatic nitrogens is 1. The molecule has 0 spiro atoms. The Balaban J connectivity index is 0.00000192. The first-order valence-corrected chi connectivity index (χ1v) is 8.18. The molecule has 1 aliphatic carbocycles. The highest BCUT2D eigenvalue weighted by atomic mass is 127. The van der Waals surface area contributed by atoms with E-state index >= 15 is 0 Å². The Kier molecular flexibility index (Phi) is 6.83. The molecule has 0 saturated heterocycles. The van der Waals surface area contributed by atoms with Crippen LogP contribution in [-0.4, -0.2) is 24.0 Å². The fourth-order valence-electron chi connectivity index (χ4n) is 2.48. The molecular weight excluding hydrogens is 467 g/mol. The van der Waals surface area contributed by atoms with E-state index in [1.54, 1.807) is 13.2 Å². The predicted molar refractivity (Wildman–Crippen MR) is 108 cm³/mol. The summed E-state index contributed by atoms with van der Waals surface area (Å²) in [5, 5.41) is 6.78. The molecule has 4 nitrogen and oxygen atoms in total. The number of aliphatic imine (C=N–C) groups is 1. The van der Waals surface area contributed by atoms with Gasteiger partial charge in [0.25, 0.3) is 0 Å². The van der Waals surface area contributed by atoms with Gasteiger partial charge in [0.1, 0.15) is 0 Å². The van der Waals surface area contributed by atoms with E-state index < -0.39 is 0 Å². The van der Waals surface area contributed by atoms with E-state index in [9.17, 15) is 0 Å². The van der Waals surface area contributed by atoms with Gasteiger partial charge in [-0.2, -0.15) is 0 Å². The van der Waals surface area contributed by atoms with Crippen LogP contribution in [0.4, 0.5) is 0 Å². The summed E-state index contributed by atoms with van der Waals surface area (Å²) in [7, 11) is 1.80. The lowest BCUT2D eigenvalue weighted by atomic mass is 10.1. The number of benzene rings is 1. The molecule has 1 fully saturated rings. The molecule has 1 aliphatic rings. The van der Waals surface area contributed by atoms with Crippen LogP contribution in [0.25, 0.3) is 0 Å². The maximum absolute atomic E-state index is 4.30. The third-order valence-electron chi connectivity index (χ3n) is 3.80. The van der Waals surface area contributed by atoms with Crippen LogP contribution >= 0.6 is 39.9 Å². The number of pyridine rings is 1. The molecular formula is C17H20BrIN4. The van der Waals surface area contributed by atoms with Crippen molar-refractivity contribution >= 4 is 45.9 Å². The molecule has 23 heavy (non-hydrogen) atoms. The number of hydrogen-bond donors (Lipinski definition) is 2. The molecule has 1 aromatic carbocycles. The molecule has 2 atom stereocenters. The summed E-state index contributed by atoms with van der Waals surface area (Å²) in [6.45, 7) is 0.677. The zero-order valence-corrected chi connectivity index (χ0v) is 16.8. The highest BCUT2D eigenvalue weighted by Crippen LogP contribution is 2.40. The Labute approximate surface area is 162 Å². The van der Waals surface area contributed by atoms with Gasteiger partial charge in [0.2, 0.25) is 0 Å². The maximum Gasteiger partial charge on any atom is 0.191 e. The molecule has 2 unspecified atom stereocenters. The van der Waals surface area contributed by atoms with E-state index in [4.69, 9.17) is 0 Å². The van der Waals surface area contributed by atoms with E-state index in [1.165, 1.54) is 5.56 Å². The zero-order valence-electron chi connectivity index (χ0n) is 12.9. The van der Waals surface area contributed by atoms with Crippen molar-refractivity contribution in [3.63, 3.8) is 0 Å². The minimum absolute atomic E-state index is 0. The van der Waals surface area contributed by atoms with Crippen LogP contribution in [0.15, 0.2) is 58.1 Å². The normalized spacial score (nSPS) is 19.7. The zero-order chi connectivity index (χ0) is 15.4. The number of halogens is 2. The first-order valence-electron chi connectivity index (χ1n) is 7.39. The number of hydrogen-bond acceptors (Lipinski definition) is 2. The van der Waals surface area contributed by atoms with Crippen LogP contribution in [0.1, 0.15) is 23.6 Å². The molecule has 1 aromatic heterocycles. The van der Waals surface area contributed by atoms with Crippen molar-refractivity contribution in [3.05, 3.63) is 64.4 Å². The molecule has 2 N–H and O–H groups in total. The minimum Gasteiger partial charge on any atom is -0.353 e. The van der Waals surface area contributed by atoms with Gasteiger partial charge in [-0.1, -0.05) is 34.1 Å². The SMILES string of the molecule is CN=C(NCc1ccccn1)NC1CC1c1ccc(Br)cc1.I. The molecule has 0 amide bonds. The van der Waals surface area contributed by atoms with Crippen LogP contribution in [0.5, 0.6) is 0 Å². The van der Waals surface area contributed by atoms with Crippen molar-refractivity contribution in [2.75, 3.05) is 7.05 Å². The van der Waals surface area contributed by atoms with Gasteiger partial charge < -0.3 is 10.6 Å². The summed E-state index contributed by atoms with van der Waals surface area (Å²) < 4.78 is 1.12. The van der Waals surface area contributed by atoms with Crippen LogP contribution in [0, 0.1) is 0 Å². The van der Waals surface area contributed by atoms with Gasteiger partial charge in [-0.3, -0.25) is 9.98 Å². The topological polar surface area (TPSA) is 49.3 Å². The molecule has 1 heterocycles. The second-order valence-electron chi connectivity index (χ2n) is 5.39. The highest BCUT2D eigenvalue weighted by molar-refractivity contribution is 14.0. The van der Waals surface area contributed by atoms with Crippen molar-refractivity contribution in [1.82, 2.24) is 15.6 Å². The lowest BCUT2D eigenvalue weighted by Crippen LogP contribution is -2.38. The van der Waals surface area contributed by atoms with Gasteiger partial charge in [-0.05, 0) is 36.2 Å². The van der Waals surface area contributed by atoms with Gasteiger partial charge in [0.15, 0.2) is 5.96 Å². The summed E-state index contributed by atoms with van der Waals surface area (Å²) >= 11 is 3.47. The molecule has 3 rings (SSSR count). The number of nitrogens with zero attached hydrogens (tertiary/aromatic N) is 2. The standard InChI is InChI=1S/C17H19BrN4.HI/c1-19-17(21-11-14-4-2-3-9-20-14)22-16-10-15(16)12-5-7-13(18)8-6-12;/h2-9,15-16H,10-11H2,1H3,(H2,19,21,22);1H. The maximum atomic E-state index is 4.30. The number of nitrogens with one attached hydrogen (secondary N) is 2. The lowest BCUT2D eigenvalue weighted by Gasteiger charge is -2.11. The van der Waals surface area contributed by atoms with Crippen molar-refractivity contribution in [3.8, 4) is 0 Å². The van der Waals surface area contributed by atoms with Gasteiger partial charge in [-0.15, -0.1) is 24.0 Å². The minimum atomic E-state index is 0. The second-order valence-corrected chi connectivity index (χ2v) is 6.31. The fourth-order valence-corrected chi connectivity index (χ4v) is 2.74. The first kappa shape index (κ1) is 18.2. The van der Waals surface area contributed by atoms with Crippen LogP contribution < -0.4 is 10.6 Å². The van der Waals surface area contributed by atoms with Crippen molar-refractivity contribution < 1.29 is 0 Å². The van der Waals surface area contributed by atoms with E-state index in [-0.39, 0.29) is 24.0 Å². The van der Waals surface area contributed by atoms with E-state index in [1.807, 2.05) is 18.2 Å². The Morgan fingerprint density at radius 2 is 2.04 bits per heavy atom. The molecule has 0 radical (unpaired) electrons. The monoisotopic (exact) mass is 486 g/mol. The van der Waals surface area contributed by atoms with Gasteiger partial charge in [0.05, 0.1) is 12.2 Å². The average molecular weight is 487 g/mol. The molecule has 2 aromatic rings. The van der Waals surface area contributed by atoms with Crippen molar-refractivity contribution in [2.24, 2.45) is 4.99 Å². The number of rotatable bonds is 4.